The van der Waals surface area contributed by atoms with E-state index in [1.54, 1.807) is 20.8 Å². The van der Waals surface area contributed by atoms with Crippen molar-refractivity contribution in [1.29, 1.82) is 0 Å². The molecular formula is C10H18N4O3S2. The maximum absolute atomic E-state index is 11.9. The lowest BCUT2D eigenvalue weighted by molar-refractivity contribution is -0.118. The standard InChI is InChI=1S/C10H18N4O3S2/c1-5-7(4)14-19(16,17)10-13-12-9(18-10)11-8(15)6(2)3/h6-7,14H,5H2,1-4H3,(H,11,12,15)/t7-/m0/s1. The quantitative estimate of drug-likeness (QED) is 0.769. The highest BCUT2D eigenvalue weighted by molar-refractivity contribution is 7.91. The fraction of sp³-hybridized carbons (Fsp3) is 0.700. The van der Waals surface area contributed by atoms with Gasteiger partial charge >= 0.3 is 0 Å². The number of carbonyl (C=O) groups is 1. The van der Waals surface area contributed by atoms with Crippen molar-refractivity contribution in [2.24, 2.45) is 5.92 Å². The smallest absolute Gasteiger partial charge is 0.270 e. The normalized spacial score (nSPS) is 13.5. The van der Waals surface area contributed by atoms with Gasteiger partial charge in [-0.25, -0.2) is 13.1 Å². The van der Waals surface area contributed by atoms with Gasteiger partial charge in [0, 0.05) is 12.0 Å². The molecule has 0 fully saturated rings. The molecule has 0 aromatic carbocycles. The highest BCUT2D eigenvalue weighted by Gasteiger charge is 2.22. The Labute approximate surface area is 116 Å². The van der Waals surface area contributed by atoms with E-state index in [0.29, 0.717) is 6.42 Å². The first-order chi connectivity index (χ1) is 8.76. The lowest BCUT2D eigenvalue weighted by Crippen LogP contribution is -2.31. The van der Waals surface area contributed by atoms with E-state index in [2.05, 4.69) is 20.2 Å². The molecular weight excluding hydrogens is 288 g/mol. The fourth-order valence-corrected chi connectivity index (χ4v) is 3.26. The molecule has 0 spiro atoms. The van der Waals surface area contributed by atoms with Crippen LogP contribution in [0.5, 0.6) is 0 Å². The Morgan fingerprint density at radius 1 is 1.32 bits per heavy atom. The Hall–Kier alpha value is -1.06. The first-order valence-electron chi connectivity index (χ1n) is 5.93. The highest BCUT2D eigenvalue weighted by atomic mass is 32.2. The molecule has 1 amide bonds. The summed E-state index contributed by atoms with van der Waals surface area (Å²) in [5, 5.41) is 9.94. The number of nitrogens with zero attached hydrogens (tertiary/aromatic N) is 2. The van der Waals surface area contributed by atoms with Gasteiger partial charge in [-0.05, 0) is 13.3 Å². The van der Waals surface area contributed by atoms with Gasteiger partial charge in [-0.2, -0.15) is 0 Å². The third kappa shape index (κ3) is 4.51. The zero-order valence-corrected chi connectivity index (χ0v) is 12.9. The molecule has 1 atom stereocenters. The Morgan fingerprint density at radius 3 is 2.47 bits per heavy atom. The Bertz CT molecular complexity index is 539. The van der Waals surface area contributed by atoms with E-state index in [-0.39, 0.29) is 27.3 Å². The maximum Gasteiger partial charge on any atom is 0.270 e. The summed E-state index contributed by atoms with van der Waals surface area (Å²) in [5.41, 5.74) is 0. The second-order valence-electron chi connectivity index (χ2n) is 4.45. The van der Waals surface area contributed by atoms with Gasteiger partial charge in [-0.3, -0.25) is 4.79 Å². The van der Waals surface area contributed by atoms with Crippen LogP contribution < -0.4 is 10.0 Å². The van der Waals surface area contributed by atoms with E-state index in [9.17, 15) is 13.2 Å². The van der Waals surface area contributed by atoms with Crippen molar-refractivity contribution in [3.8, 4) is 0 Å². The maximum atomic E-state index is 11.9. The molecule has 9 heteroatoms. The van der Waals surface area contributed by atoms with Crippen LogP contribution in [0.1, 0.15) is 34.1 Å². The molecule has 7 nitrogen and oxygen atoms in total. The van der Waals surface area contributed by atoms with Gasteiger partial charge in [0.15, 0.2) is 0 Å². The van der Waals surface area contributed by atoms with Crippen LogP contribution in [0.25, 0.3) is 0 Å². The van der Waals surface area contributed by atoms with Crippen molar-refractivity contribution < 1.29 is 13.2 Å². The topological polar surface area (TPSA) is 101 Å². The zero-order chi connectivity index (χ0) is 14.6. The van der Waals surface area contributed by atoms with E-state index in [4.69, 9.17) is 0 Å². The van der Waals surface area contributed by atoms with Crippen molar-refractivity contribution in [3.63, 3.8) is 0 Å². The van der Waals surface area contributed by atoms with Crippen molar-refractivity contribution >= 4 is 32.4 Å². The molecule has 1 rings (SSSR count). The average molecular weight is 306 g/mol. The molecule has 0 aliphatic carbocycles. The summed E-state index contributed by atoms with van der Waals surface area (Å²) in [6.45, 7) is 7.11. The van der Waals surface area contributed by atoms with Gasteiger partial charge in [-0.1, -0.05) is 32.1 Å². The van der Waals surface area contributed by atoms with Crippen molar-refractivity contribution in [2.45, 2.75) is 44.5 Å². The number of anilines is 1. The first kappa shape index (κ1) is 16.0. The molecule has 0 aliphatic rings. The van der Waals surface area contributed by atoms with Crippen LogP contribution in [0.3, 0.4) is 0 Å². The SMILES string of the molecule is CC[C@H](C)NS(=O)(=O)c1nnc(NC(=O)C(C)C)s1. The lowest BCUT2D eigenvalue weighted by atomic mass is 10.2. The molecule has 19 heavy (non-hydrogen) atoms. The van der Waals surface area contributed by atoms with Gasteiger partial charge in [-0.15, -0.1) is 10.2 Å². The minimum atomic E-state index is -3.66. The molecule has 1 aromatic rings. The van der Waals surface area contributed by atoms with Crippen LogP contribution in [0.15, 0.2) is 4.34 Å². The largest absolute Gasteiger partial charge is 0.300 e. The van der Waals surface area contributed by atoms with E-state index in [1.165, 1.54) is 0 Å². The monoisotopic (exact) mass is 306 g/mol. The third-order valence-electron chi connectivity index (χ3n) is 2.36. The summed E-state index contributed by atoms with van der Waals surface area (Å²) in [7, 11) is -3.66. The van der Waals surface area contributed by atoms with E-state index < -0.39 is 10.0 Å². The summed E-state index contributed by atoms with van der Waals surface area (Å²) in [6.07, 6.45) is 0.676. The second-order valence-corrected chi connectivity index (χ2v) is 7.31. The fourth-order valence-electron chi connectivity index (χ4n) is 1.02. The molecule has 0 unspecified atom stereocenters. The van der Waals surface area contributed by atoms with E-state index >= 15 is 0 Å². The summed E-state index contributed by atoms with van der Waals surface area (Å²) >= 11 is 0.833. The number of carbonyl (C=O) groups excluding carboxylic acids is 1. The van der Waals surface area contributed by atoms with Crippen LogP contribution in [0.4, 0.5) is 5.13 Å². The van der Waals surface area contributed by atoms with Crippen LogP contribution >= 0.6 is 11.3 Å². The molecule has 0 bridgehead atoms. The van der Waals surface area contributed by atoms with Crippen molar-refractivity contribution in [2.75, 3.05) is 5.32 Å². The van der Waals surface area contributed by atoms with Crippen molar-refractivity contribution in [1.82, 2.24) is 14.9 Å². The predicted molar refractivity (Wildman–Crippen MR) is 73.5 cm³/mol. The lowest BCUT2D eigenvalue weighted by Gasteiger charge is -2.09. The number of aromatic nitrogens is 2. The minimum absolute atomic E-state index is 0.146. The van der Waals surface area contributed by atoms with Gasteiger partial charge in [0.1, 0.15) is 0 Å². The number of hydrogen-bond acceptors (Lipinski definition) is 6. The number of rotatable bonds is 6. The molecule has 0 saturated carbocycles. The first-order valence-corrected chi connectivity index (χ1v) is 8.23. The molecule has 0 radical (unpaired) electrons. The van der Waals surface area contributed by atoms with Gasteiger partial charge in [0.2, 0.25) is 15.4 Å². The number of nitrogens with one attached hydrogen (secondary N) is 2. The van der Waals surface area contributed by atoms with Gasteiger partial charge in [0.05, 0.1) is 0 Å². The van der Waals surface area contributed by atoms with Crippen LogP contribution in [0.2, 0.25) is 0 Å². The van der Waals surface area contributed by atoms with E-state index in [1.807, 2.05) is 6.92 Å². The summed E-state index contributed by atoms with van der Waals surface area (Å²) in [5.74, 6) is -0.433. The Morgan fingerprint density at radius 2 is 1.95 bits per heavy atom. The van der Waals surface area contributed by atoms with Gasteiger partial charge < -0.3 is 5.32 Å². The highest BCUT2D eigenvalue weighted by Crippen LogP contribution is 2.20. The predicted octanol–water partition coefficient (Wildman–Crippen LogP) is 1.21. The van der Waals surface area contributed by atoms with Crippen LogP contribution in [0, 0.1) is 5.92 Å². The average Bonchev–Trinajstić information content (AvgIpc) is 2.77. The Balaban J connectivity index is 2.82. The number of amides is 1. The second kappa shape index (κ2) is 6.40. The molecule has 1 aromatic heterocycles. The van der Waals surface area contributed by atoms with Crippen LogP contribution in [-0.2, 0) is 14.8 Å². The molecule has 0 saturated heterocycles. The molecule has 0 aliphatic heterocycles. The summed E-state index contributed by atoms with van der Waals surface area (Å²) in [6, 6.07) is -0.178. The number of sulfonamides is 1. The summed E-state index contributed by atoms with van der Waals surface area (Å²) in [4.78, 5) is 11.5. The Kier molecular flexibility index (Phi) is 5.39. The summed E-state index contributed by atoms with van der Waals surface area (Å²) < 4.78 is 26.2. The molecule has 108 valence electrons. The minimum Gasteiger partial charge on any atom is -0.300 e. The van der Waals surface area contributed by atoms with Gasteiger partial charge in [0.25, 0.3) is 10.0 Å². The van der Waals surface area contributed by atoms with Crippen molar-refractivity contribution in [3.05, 3.63) is 0 Å². The third-order valence-corrected chi connectivity index (χ3v) is 5.16. The number of hydrogen-bond donors (Lipinski definition) is 2. The van der Waals surface area contributed by atoms with E-state index in [0.717, 1.165) is 11.3 Å². The molecule has 1 heterocycles. The zero-order valence-electron chi connectivity index (χ0n) is 11.3. The molecule has 2 N–H and O–H groups in total. The van der Waals surface area contributed by atoms with Crippen LogP contribution in [-0.4, -0.2) is 30.6 Å².